The normalized spacial score (nSPS) is 35.3. The minimum atomic E-state index is -0.287. The molecule has 3 rings (SSSR count). The van der Waals surface area contributed by atoms with E-state index in [0.717, 1.165) is 44.6 Å². The summed E-state index contributed by atoms with van der Waals surface area (Å²) in [5.41, 5.74) is 0. The summed E-state index contributed by atoms with van der Waals surface area (Å²) in [6, 6.07) is 0.332. The van der Waals surface area contributed by atoms with Crippen molar-refractivity contribution in [2.45, 2.75) is 70.4 Å². The van der Waals surface area contributed by atoms with Crippen LogP contribution in [0.3, 0.4) is 0 Å². The van der Waals surface area contributed by atoms with Crippen molar-refractivity contribution in [1.82, 2.24) is 4.90 Å². The van der Waals surface area contributed by atoms with E-state index in [1.54, 1.807) is 0 Å². The maximum atomic E-state index is 12.3. The molecule has 130 valence electrons. The number of carbonyl (C=O) groups is 2. The van der Waals surface area contributed by atoms with Gasteiger partial charge < -0.3 is 14.4 Å². The lowest BCUT2D eigenvalue weighted by Crippen LogP contribution is -2.39. The lowest BCUT2D eigenvalue weighted by Gasteiger charge is -2.33. The van der Waals surface area contributed by atoms with E-state index >= 15 is 0 Å². The molecular weight excluding hydrogens is 294 g/mol. The molecule has 0 aromatic carbocycles. The predicted octanol–water partition coefficient (Wildman–Crippen LogP) is 2.53. The van der Waals surface area contributed by atoms with E-state index in [1.807, 2.05) is 4.90 Å². The Morgan fingerprint density at radius 3 is 2.70 bits per heavy atom. The highest BCUT2D eigenvalue weighted by atomic mass is 16.6. The SMILES string of the molecule is CC1CCC(N2C[C@@H](C(=O)OC[C@@H]3CCCCO3)CC2=O)CC1. The molecule has 1 aliphatic carbocycles. The summed E-state index contributed by atoms with van der Waals surface area (Å²) in [7, 11) is 0. The van der Waals surface area contributed by atoms with Crippen molar-refractivity contribution in [1.29, 1.82) is 0 Å². The van der Waals surface area contributed by atoms with Gasteiger partial charge in [-0.05, 0) is 50.9 Å². The van der Waals surface area contributed by atoms with E-state index in [-0.39, 0.29) is 23.9 Å². The number of likely N-dealkylation sites (tertiary alicyclic amines) is 1. The van der Waals surface area contributed by atoms with Gasteiger partial charge in [0.05, 0.1) is 12.0 Å². The second-order valence-corrected chi connectivity index (χ2v) is 7.48. The summed E-state index contributed by atoms with van der Waals surface area (Å²) in [6.07, 6.45) is 8.06. The van der Waals surface area contributed by atoms with E-state index in [1.165, 1.54) is 12.8 Å². The average Bonchev–Trinajstić information content (AvgIpc) is 2.96. The largest absolute Gasteiger partial charge is 0.463 e. The standard InChI is InChI=1S/C18H29NO4/c1-13-5-7-15(8-6-13)19-11-14(10-17(19)20)18(21)23-12-16-4-2-3-9-22-16/h13-16H,2-12H2,1H3/t13?,14-,15?,16-/m0/s1. The Morgan fingerprint density at radius 1 is 1.22 bits per heavy atom. The van der Waals surface area contributed by atoms with Gasteiger partial charge in [-0.2, -0.15) is 0 Å². The highest BCUT2D eigenvalue weighted by molar-refractivity contribution is 5.87. The fourth-order valence-electron chi connectivity index (χ4n) is 4.03. The molecule has 1 saturated carbocycles. The van der Waals surface area contributed by atoms with Gasteiger partial charge in [-0.25, -0.2) is 0 Å². The topological polar surface area (TPSA) is 55.8 Å². The number of ether oxygens (including phenoxy) is 2. The molecule has 0 spiro atoms. The number of amides is 1. The first-order chi connectivity index (χ1) is 11.1. The molecule has 0 bridgehead atoms. The number of hydrogen-bond acceptors (Lipinski definition) is 4. The Bertz CT molecular complexity index is 425. The fraction of sp³-hybridized carbons (Fsp3) is 0.889. The van der Waals surface area contributed by atoms with Crippen LogP contribution in [0.2, 0.25) is 0 Å². The summed E-state index contributed by atoms with van der Waals surface area (Å²) in [4.78, 5) is 26.5. The smallest absolute Gasteiger partial charge is 0.311 e. The molecule has 0 N–H and O–H groups in total. The molecule has 0 radical (unpaired) electrons. The summed E-state index contributed by atoms with van der Waals surface area (Å²) in [6.45, 7) is 3.92. The van der Waals surface area contributed by atoms with Crippen molar-refractivity contribution in [2.75, 3.05) is 19.8 Å². The van der Waals surface area contributed by atoms with Crippen LogP contribution >= 0.6 is 0 Å². The second-order valence-electron chi connectivity index (χ2n) is 7.48. The third-order valence-corrected chi connectivity index (χ3v) is 5.60. The summed E-state index contributed by atoms with van der Waals surface area (Å²) in [5, 5.41) is 0. The summed E-state index contributed by atoms with van der Waals surface area (Å²) < 4.78 is 11.0. The highest BCUT2D eigenvalue weighted by Gasteiger charge is 2.39. The number of esters is 1. The molecule has 2 atom stereocenters. The molecule has 5 nitrogen and oxygen atoms in total. The zero-order valence-electron chi connectivity index (χ0n) is 14.2. The van der Waals surface area contributed by atoms with Gasteiger partial charge in [0.25, 0.3) is 0 Å². The van der Waals surface area contributed by atoms with Crippen LogP contribution in [0.5, 0.6) is 0 Å². The maximum Gasteiger partial charge on any atom is 0.311 e. The summed E-state index contributed by atoms with van der Waals surface area (Å²) in [5.74, 6) is 0.380. The Hall–Kier alpha value is -1.10. The van der Waals surface area contributed by atoms with Gasteiger partial charge in [-0.15, -0.1) is 0 Å². The molecule has 2 heterocycles. The lowest BCUT2D eigenvalue weighted by atomic mass is 9.87. The van der Waals surface area contributed by atoms with Gasteiger partial charge in [0.2, 0.25) is 5.91 Å². The zero-order valence-corrected chi connectivity index (χ0v) is 14.2. The van der Waals surface area contributed by atoms with Crippen LogP contribution in [-0.4, -0.2) is 48.7 Å². The monoisotopic (exact) mass is 323 g/mol. The quantitative estimate of drug-likeness (QED) is 0.746. The molecule has 23 heavy (non-hydrogen) atoms. The first-order valence-corrected chi connectivity index (χ1v) is 9.21. The Morgan fingerprint density at radius 2 is 2.00 bits per heavy atom. The van der Waals surface area contributed by atoms with Crippen LogP contribution in [-0.2, 0) is 19.1 Å². The Kier molecular flexibility index (Phi) is 5.57. The van der Waals surface area contributed by atoms with Gasteiger partial charge in [-0.3, -0.25) is 9.59 Å². The van der Waals surface area contributed by atoms with Gasteiger partial charge in [0.1, 0.15) is 6.61 Å². The highest BCUT2D eigenvalue weighted by Crippen LogP contribution is 2.31. The Labute approximate surface area is 138 Å². The minimum Gasteiger partial charge on any atom is -0.463 e. The molecule has 3 aliphatic rings. The number of hydrogen-bond donors (Lipinski definition) is 0. The summed E-state index contributed by atoms with van der Waals surface area (Å²) >= 11 is 0. The van der Waals surface area contributed by atoms with Crippen LogP contribution < -0.4 is 0 Å². The first kappa shape index (κ1) is 16.7. The van der Waals surface area contributed by atoms with Crippen molar-refractivity contribution >= 4 is 11.9 Å². The Balaban J connectivity index is 1.45. The van der Waals surface area contributed by atoms with Crippen molar-refractivity contribution in [3.8, 4) is 0 Å². The molecule has 0 unspecified atom stereocenters. The lowest BCUT2D eigenvalue weighted by molar-refractivity contribution is -0.153. The molecule has 5 heteroatoms. The van der Waals surface area contributed by atoms with Crippen molar-refractivity contribution in [3.63, 3.8) is 0 Å². The predicted molar refractivity (Wildman–Crippen MR) is 85.8 cm³/mol. The molecule has 2 saturated heterocycles. The third kappa shape index (κ3) is 4.25. The fourth-order valence-corrected chi connectivity index (χ4v) is 4.03. The number of carbonyl (C=O) groups excluding carboxylic acids is 2. The first-order valence-electron chi connectivity index (χ1n) is 9.21. The van der Waals surface area contributed by atoms with Crippen LogP contribution in [0.4, 0.5) is 0 Å². The van der Waals surface area contributed by atoms with Gasteiger partial charge in [0, 0.05) is 25.6 Å². The van der Waals surface area contributed by atoms with Gasteiger partial charge in [0.15, 0.2) is 0 Å². The molecular formula is C18H29NO4. The van der Waals surface area contributed by atoms with E-state index in [2.05, 4.69) is 6.92 Å². The average molecular weight is 323 g/mol. The van der Waals surface area contributed by atoms with Crippen LogP contribution in [0.15, 0.2) is 0 Å². The van der Waals surface area contributed by atoms with Gasteiger partial charge >= 0.3 is 5.97 Å². The van der Waals surface area contributed by atoms with Crippen molar-refractivity contribution < 1.29 is 19.1 Å². The molecule has 3 fully saturated rings. The van der Waals surface area contributed by atoms with Crippen LogP contribution in [0, 0.1) is 11.8 Å². The van der Waals surface area contributed by atoms with E-state index in [4.69, 9.17) is 9.47 Å². The second kappa shape index (κ2) is 7.65. The molecule has 0 aromatic heterocycles. The van der Waals surface area contributed by atoms with Gasteiger partial charge in [-0.1, -0.05) is 6.92 Å². The van der Waals surface area contributed by atoms with Crippen LogP contribution in [0.1, 0.15) is 58.3 Å². The van der Waals surface area contributed by atoms with E-state index in [9.17, 15) is 9.59 Å². The van der Waals surface area contributed by atoms with Crippen molar-refractivity contribution in [3.05, 3.63) is 0 Å². The van der Waals surface area contributed by atoms with Crippen molar-refractivity contribution in [2.24, 2.45) is 11.8 Å². The van der Waals surface area contributed by atoms with E-state index in [0.29, 0.717) is 25.6 Å². The van der Waals surface area contributed by atoms with E-state index < -0.39 is 0 Å². The molecule has 2 aliphatic heterocycles. The maximum absolute atomic E-state index is 12.3. The molecule has 1 amide bonds. The minimum absolute atomic E-state index is 0.0424. The number of rotatable bonds is 4. The number of nitrogens with zero attached hydrogens (tertiary/aromatic N) is 1. The molecule has 0 aromatic rings. The zero-order chi connectivity index (χ0) is 16.2. The third-order valence-electron chi connectivity index (χ3n) is 5.60. The van der Waals surface area contributed by atoms with Crippen LogP contribution in [0.25, 0.3) is 0 Å².